The Kier molecular flexibility index (Phi) is 6.47. The molecule has 2 aromatic carbocycles. The molecular weight excluding hydrogens is 358 g/mol. The van der Waals surface area contributed by atoms with Gasteiger partial charge in [0.15, 0.2) is 11.7 Å². The third-order valence-electron chi connectivity index (χ3n) is 3.64. The first-order chi connectivity index (χ1) is 12.2. The highest BCUT2D eigenvalue weighted by atomic mass is 19.4. The van der Waals surface area contributed by atoms with Crippen LogP contribution in [0.15, 0.2) is 42.5 Å². The third kappa shape index (κ3) is 5.36. The van der Waals surface area contributed by atoms with Crippen LogP contribution in [0.3, 0.4) is 0 Å². The molecule has 0 atom stereocenters. The van der Waals surface area contributed by atoms with Gasteiger partial charge in [0.05, 0.1) is 6.61 Å². The summed E-state index contributed by atoms with van der Waals surface area (Å²) in [4.78, 5) is 0. The number of hydrogen-bond donors (Lipinski definition) is 0. The molecule has 0 amide bonds. The lowest BCUT2D eigenvalue weighted by Crippen LogP contribution is -2.17. The van der Waals surface area contributed by atoms with Crippen molar-refractivity contribution in [2.45, 2.75) is 26.1 Å². The Hall–Kier alpha value is -2.28. The Morgan fingerprint density at radius 1 is 0.923 bits per heavy atom. The van der Waals surface area contributed by atoms with E-state index in [1.165, 1.54) is 12.1 Å². The van der Waals surface area contributed by atoms with E-state index in [1.54, 1.807) is 12.1 Å². The van der Waals surface area contributed by atoms with E-state index in [2.05, 4.69) is 4.74 Å². The number of rotatable bonds is 6. The molecular formula is C19H16F6O. The van der Waals surface area contributed by atoms with E-state index >= 15 is 0 Å². The zero-order valence-corrected chi connectivity index (χ0v) is 13.8. The first kappa shape index (κ1) is 20.0. The summed E-state index contributed by atoms with van der Waals surface area (Å²) in [7, 11) is 0. The van der Waals surface area contributed by atoms with E-state index in [-0.39, 0.29) is 16.7 Å². The summed E-state index contributed by atoms with van der Waals surface area (Å²) in [5.74, 6) is -3.38. The molecule has 26 heavy (non-hydrogen) atoms. The maximum absolute atomic E-state index is 14.3. The summed E-state index contributed by atoms with van der Waals surface area (Å²) in [6, 6.07) is 9.03. The van der Waals surface area contributed by atoms with Crippen LogP contribution in [-0.4, -0.2) is 12.8 Å². The first-order valence-corrected chi connectivity index (χ1v) is 7.79. The highest BCUT2D eigenvalue weighted by Gasteiger charge is 2.27. The van der Waals surface area contributed by atoms with Crippen LogP contribution in [0.1, 0.15) is 29.2 Å². The highest BCUT2D eigenvalue weighted by Crippen LogP contribution is 2.30. The lowest BCUT2D eigenvalue weighted by molar-refractivity contribution is -0.176. The van der Waals surface area contributed by atoms with Crippen LogP contribution < -0.4 is 0 Å². The van der Waals surface area contributed by atoms with Gasteiger partial charge in [-0.3, -0.25) is 0 Å². The molecule has 0 aliphatic rings. The van der Waals surface area contributed by atoms with Crippen molar-refractivity contribution >= 4 is 11.7 Å². The largest absolute Gasteiger partial charge is 0.411 e. The molecule has 0 saturated carbocycles. The zero-order valence-electron chi connectivity index (χ0n) is 13.8. The van der Waals surface area contributed by atoms with Crippen LogP contribution in [0, 0.1) is 5.82 Å². The van der Waals surface area contributed by atoms with Crippen molar-refractivity contribution in [3.8, 4) is 0 Å². The van der Waals surface area contributed by atoms with Gasteiger partial charge in [0.25, 0.3) is 0 Å². The monoisotopic (exact) mass is 374 g/mol. The van der Waals surface area contributed by atoms with Crippen LogP contribution in [0.5, 0.6) is 0 Å². The van der Waals surface area contributed by atoms with Crippen LogP contribution in [-0.2, 0) is 17.8 Å². The summed E-state index contributed by atoms with van der Waals surface area (Å²) in [5.41, 5.74) is 0.437. The number of ether oxygens (including phenoxy) is 1. The quantitative estimate of drug-likeness (QED) is 0.430. The van der Waals surface area contributed by atoms with Crippen molar-refractivity contribution in [2.24, 2.45) is 0 Å². The molecule has 1 nitrogen and oxygen atoms in total. The molecule has 7 heteroatoms. The summed E-state index contributed by atoms with van der Waals surface area (Å²) >= 11 is 0. The van der Waals surface area contributed by atoms with Gasteiger partial charge in [0.1, 0.15) is 12.4 Å². The molecule has 0 fully saturated rings. The normalized spacial score (nSPS) is 12.9. The van der Waals surface area contributed by atoms with Gasteiger partial charge in [-0.2, -0.15) is 13.2 Å². The van der Waals surface area contributed by atoms with Crippen molar-refractivity contribution in [3.05, 3.63) is 70.5 Å². The lowest BCUT2D eigenvalue weighted by atomic mass is 10.1. The molecule has 0 bridgehead atoms. The smallest absolute Gasteiger partial charge is 0.367 e. The Morgan fingerprint density at radius 2 is 1.50 bits per heavy atom. The predicted molar refractivity (Wildman–Crippen MR) is 87.0 cm³/mol. The van der Waals surface area contributed by atoms with Crippen molar-refractivity contribution in [1.82, 2.24) is 0 Å². The number of hydrogen-bond acceptors (Lipinski definition) is 1. The molecule has 140 valence electrons. The van der Waals surface area contributed by atoms with Crippen LogP contribution in [0.25, 0.3) is 11.7 Å². The number of alkyl halides is 3. The maximum Gasteiger partial charge on any atom is 0.411 e. The Balaban J connectivity index is 2.18. The fraction of sp³-hybridized carbons (Fsp3) is 0.263. The minimum Gasteiger partial charge on any atom is -0.367 e. The average Bonchev–Trinajstić information content (AvgIpc) is 2.61. The van der Waals surface area contributed by atoms with Gasteiger partial charge in [-0.05, 0) is 18.1 Å². The van der Waals surface area contributed by atoms with Crippen molar-refractivity contribution < 1.29 is 31.1 Å². The predicted octanol–water partition coefficient (Wildman–Crippen LogP) is 6.23. The molecule has 0 saturated heterocycles. The summed E-state index contributed by atoms with van der Waals surface area (Å²) in [6.07, 6.45) is -3.78. The molecule has 0 heterocycles. The van der Waals surface area contributed by atoms with E-state index in [0.29, 0.717) is 0 Å². The minimum atomic E-state index is -4.53. The van der Waals surface area contributed by atoms with Gasteiger partial charge in [-0.15, -0.1) is 0 Å². The second kappa shape index (κ2) is 8.40. The molecule has 0 radical (unpaired) electrons. The molecule has 0 aromatic heterocycles. The van der Waals surface area contributed by atoms with Gasteiger partial charge in [0.2, 0.25) is 0 Å². The fourth-order valence-electron chi connectivity index (χ4n) is 2.22. The van der Waals surface area contributed by atoms with Crippen LogP contribution in [0.4, 0.5) is 26.3 Å². The summed E-state index contributed by atoms with van der Waals surface area (Å²) in [6.45, 7) is -0.229. The van der Waals surface area contributed by atoms with Crippen LogP contribution >= 0.6 is 0 Å². The van der Waals surface area contributed by atoms with Gasteiger partial charge in [-0.1, -0.05) is 43.3 Å². The molecule has 0 aliphatic carbocycles. The Labute approximate surface area is 146 Å². The molecule has 0 N–H and O–H groups in total. The highest BCUT2D eigenvalue weighted by molar-refractivity contribution is 5.83. The summed E-state index contributed by atoms with van der Waals surface area (Å²) in [5, 5.41) is 0. The van der Waals surface area contributed by atoms with Crippen LogP contribution in [0.2, 0.25) is 0 Å². The van der Waals surface area contributed by atoms with E-state index in [0.717, 1.165) is 30.2 Å². The van der Waals surface area contributed by atoms with E-state index in [1.807, 2.05) is 6.92 Å². The maximum atomic E-state index is 14.3. The second-order valence-electron chi connectivity index (χ2n) is 5.59. The standard InChI is InChI=1S/C19H16F6O/c1-2-12-3-5-13(6-4-12)17(21)18(22)14-7-8-15(16(20)9-14)10-26-11-19(23,24)25/h3-9H,2,10-11H2,1H3/b18-17-. The van der Waals surface area contributed by atoms with E-state index in [9.17, 15) is 26.3 Å². The summed E-state index contributed by atoms with van der Waals surface area (Å²) < 4.78 is 82.8. The Morgan fingerprint density at radius 3 is 2.04 bits per heavy atom. The van der Waals surface area contributed by atoms with Crippen molar-refractivity contribution in [2.75, 3.05) is 6.61 Å². The molecule has 0 spiro atoms. The fourth-order valence-corrected chi connectivity index (χ4v) is 2.22. The molecule has 2 rings (SSSR count). The molecule has 0 unspecified atom stereocenters. The molecule has 0 aliphatic heterocycles. The van der Waals surface area contributed by atoms with Crippen molar-refractivity contribution in [1.29, 1.82) is 0 Å². The Bertz CT molecular complexity index is 778. The topological polar surface area (TPSA) is 9.23 Å². The minimum absolute atomic E-state index is 0.0118. The third-order valence-corrected chi connectivity index (χ3v) is 3.64. The van der Waals surface area contributed by atoms with Crippen molar-refractivity contribution in [3.63, 3.8) is 0 Å². The number of halogens is 6. The van der Waals surface area contributed by atoms with E-state index in [4.69, 9.17) is 0 Å². The van der Waals surface area contributed by atoms with Gasteiger partial charge in [-0.25, -0.2) is 13.2 Å². The number of benzene rings is 2. The SMILES string of the molecule is CCc1ccc(/C(F)=C(/F)c2ccc(COCC(F)(F)F)c(F)c2)cc1. The van der Waals surface area contributed by atoms with Gasteiger partial charge in [0, 0.05) is 16.7 Å². The molecule has 2 aromatic rings. The number of aryl methyl sites for hydroxylation is 1. The second-order valence-corrected chi connectivity index (χ2v) is 5.59. The van der Waals surface area contributed by atoms with Gasteiger partial charge >= 0.3 is 6.18 Å². The van der Waals surface area contributed by atoms with Gasteiger partial charge < -0.3 is 4.74 Å². The van der Waals surface area contributed by atoms with E-state index < -0.39 is 36.9 Å². The lowest BCUT2D eigenvalue weighted by Gasteiger charge is -2.09. The average molecular weight is 374 g/mol. The zero-order chi connectivity index (χ0) is 19.3. The first-order valence-electron chi connectivity index (χ1n) is 7.79.